The first kappa shape index (κ1) is 18.7. The summed E-state index contributed by atoms with van der Waals surface area (Å²) >= 11 is 0. The molecule has 1 fully saturated rings. The second-order valence-corrected chi connectivity index (χ2v) is 6.81. The summed E-state index contributed by atoms with van der Waals surface area (Å²) in [6.07, 6.45) is 1.67. The number of rotatable bonds is 5. The Morgan fingerprint density at radius 2 is 1.93 bits per heavy atom. The number of anilines is 1. The highest BCUT2D eigenvalue weighted by atomic mass is 16.5. The van der Waals surface area contributed by atoms with Crippen LogP contribution in [-0.2, 0) is 0 Å². The van der Waals surface area contributed by atoms with Crippen LogP contribution < -0.4 is 15.2 Å². The van der Waals surface area contributed by atoms with E-state index in [2.05, 4.69) is 16.5 Å². The number of nitrogens with one attached hydrogen (secondary N) is 1. The first-order valence-corrected chi connectivity index (χ1v) is 9.53. The number of hydrogen-bond acceptors (Lipinski definition) is 5. The van der Waals surface area contributed by atoms with Gasteiger partial charge in [-0.15, -0.1) is 0 Å². The second-order valence-electron chi connectivity index (χ2n) is 6.81. The molecule has 0 saturated carbocycles. The van der Waals surface area contributed by atoms with Crippen LogP contribution in [0.15, 0.2) is 66.0 Å². The third kappa shape index (κ3) is 3.99. The minimum atomic E-state index is -0.152. The van der Waals surface area contributed by atoms with E-state index in [4.69, 9.17) is 4.74 Å². The molecule has 0 spiro atoms. The first-order chi connectivity index (χ1) is 14.2. The number of hydrogen-bond donors (Lipinski definition) is 1. The number of carbonyl (C=O) groups excluding carboxylic acids is 1. The summed E-state index contributed by atoms with van der Waals surface area (Å²) in [4.78, 5) is 36.4. The van der Waals surface area contributed by atoms with Crippen molar-refractivity contribution in [2.24, 2.45) is 0 Å². The lowest BCUT2D eigenvalue weighted by Crippen LogP contribution is -2.49. The van der Waals surface area contributed by atoms with E-state index >= 15 is 0 Å². The van der Waals surface area contributed by atoms with Crippen LogP contribution in [0.3, 0.4) is 0 Å². The maximum atomic E-state index is 12.9. The summed E-state index contributed by atoms with van der Waals surface area (Å²) in [6.45, 7) is 6.32. The van der Waals surface area contributed by atoms with Crippen molar-refractivity contribution in [3.8, 4) is 5.75 Å². The highest BCUT2D eigenvalue weighted by Crippen LogP contribution is 2.18. The number of para-hydroxylation sites is 1. The zero-order chi connectivity index (χ0) is 20.2. The number of carbonyl (C=O) groups is 1. The molecule has 0 unspecified atom stereocenters. The molecule has 7 heteroatoms. The Bertz CT molecular complexity index is 1100. The summed E-state index contributed by atoms with van der Waals surface area (Å²) in [6, 6.07) is 14.4. The summed E-state index contributed by atoms with van der Waals surface area (Å²) in [5.74, 6) is 1.15. The molecule has 2 heterocycles. The van der Waals surface area contributed by atoms with E-state index in [0.717, 1.165) is 0 Å². The van der Waals surface area contributed by atoms with E-state index in [1.165, 1.54) is 0 Å². The molecule has 0 bridgehead atoms. The Morgan fingerprint density at radius 3 is 2.72 bits per heavy atom. The molecule has 29 heavy (non-hydrogen) atoms. The SMILES string of the molecule is C=CCOc1cccc(C(=O)N2CCN(c3nc4ccccc4c(=O)[nH]3)CC2)c1. The van der Waals surface area contributed by atoms with Crippen LogP contribution in [0.4, 0.5) is 5.95 Å². The van der Waals surface area contributed by atoms with Crippen LogP contribution in [-0.4, -0.2) is 53.6 Å². The molecule has 1 aliphatic rings. The summed E-state index contributed by atoms with van der Waals surface area (Å²) in [5.41, 5.74) is 1.11. The van der Waals surface area contributed by atoms with Gasteiger partial charge in [-0.2, -0.15) is 0 Å². The average molecular weight is 390 g/mol. The summed E-state index contributed by atoms with van der Waals surface area (Å²) in [7, 11) is 0. The van der Waals surface area contributed by atoms with Gasteiger partial charge in [-0.05, 0) is 30.3 Å². The smallest absolute Gasteiger partial charge is 0.260 e. The largest absolute Gasteiger partial charge is 0.490 e. The van der Waals surface area contributed by atoms with E-state index in [1.807, 2.05) is 40.1 Å². The number of aromatic nitrogens is 2. The molecular formula is C22H22N4O3. The van der Waals surface area contributed by atoms with Gasteiger partial charge in [0.25, 0.3) is 11.5 Å². The zero-order valence-corrected chi connectivity index (χ0v) is 16.0. The number of nitrogens with zero attached hydrogens (tertiary/aromatic N) is 3. The van der Waals surface area contributed by atoms with Gasteiger partial charge >= 0.3 is 0 Å². The maximum Gasteiger partial charge on any atom is 0.260 e. The van der Waals surface area contributed by atoms with Gasteiger partial charge in [0.15, 0.2) is 0 Å². The van der Waals surface area contributed by atoms with Crippen LogP contribution in [0.2, 0.25) is 0 Å². The van der Waals surface area contributed by atoms with Crippen molar-refractivity contribution in [2.75, 3.05) is 37.7 Å². The van der Waals surface area contributed by atoms with Gasteiger partial charge in [0.2, 0.25) is 5.95 Å². The first-order valence-electron chi connectivity index (χ1n) is 9.53. The molecule has 1 amide bonds. The molecule has 1 N–H and O–H groups in total. The van der Waals surface area contributed by atoms with Gasteiger partial charge in [-0.25, -0.2) is 4.98 Å². The Hall–Kier alpha value is -3.61. The topological polar surface area (TPSA) is 78.5 Å². The van der Waals surface area contributed by atoms with Crippen LogP contribution in [0.1, 0.15) is 10.4 Å². The number of aromatic amines is 1. The quantitative estimate of drug-likeness (QED) is 0.677. The van der Waals surface area contributed by atoms with E-state index in [0.29, 0.717) is 61.0 Å². The summed E-state index contributed by atoms with van der Waals surface area (Å²) < 4.78 is 5.52. The van der Waals surface area contributed by atoms with Gasteiger partial charge < -0.3 is 14.5 Å². The third-order valence-electron chi connectivity index (χ3n) is 4.92. The monoisotopic (exact) mass is 390 g/mol. The van der Waals surface area contributed by atoms with Gasteiger partial charge in [-0.3, -0.25) is 14.6 Å². The van der Waals surface area contributed by atoms with Crippen LogP contribution in [0.5, 0.6) is 5.75 Å². The van der Waals surface area contributed by atoms with Crippen molar-refractivity contribution in [1.82, 2.24) is 14.9 Å². The van der Waals surface area contributed by atoms with Crippen LogP contribution in [0.25, 0.3) is 10.9 Å². The predicted octanol–water partition coefficient (Wildman–Crippen LogP) is 2.45. The fourth-order valence-corrected chi connectivity index (χ4v) is 3.40. The fourth-order valence-electron chi connectivity index (χ4n) is 3.40. The molecule has 0 aliphatic carbocycles. The molecule has 2 aromatic carbocycles. The van der Waals surface area contributed by atoms with Crippen molar-refractivity contribution in [2.45, 2.75) is 0 Å². The Balaban J connectivity index is 1.45. The molecule has 3 aromatic rings. The number of amides is 1. The fraction of sp³-hybridized carbons (Fsp3) is 0.227. The van der Waals surface area contributed by atoms with E-state index in [1.54, 1.807) is 24.3 Å². The van der Waals surface area contributed by atoms with Crippen molar-refractivity contribution in [3.63, 3.8) is 0 Å². The number of H-pyrrole nitrogens is 1. The Kier molecular flexibility index (Phi) is 5.29. The van der Waals surface area contributed by atoms with Crippen molar-refractivity contribution in [1.29, 1.82) is 0 Å². The predicted molar refractivity (Wildman–Crippen MR) is 113 cm³/mol. The van der Waals surface area contributed by atoms with Gasteiger partial charge in [-0.1, -0.05) is 30.9 Å². The highest BCUT2D eigenvalue weighted by Gasteiger charge is 2.24. The van der Waals surface area contributed by atoms with Crippen molar-refractivity contribution < 1.29 is 9.53 Å². The van der Waals surface area contributed by atoms with E-state index in [9.17, 15) is 9.59 Å². The second kappa shape index (κ2) is 8.18. The number of piperazine rings is 1. The van der Waals surface area contributed by atoms with Crippen molar-refractivity contribution >= 4 is 22.8 Å². The maximum absolute atomic E-state index is 12.9. The van der Waals surface area contributed by atoms with Gasteiger partial charge in [0.05, 0.1) is 10.9 Å². The number of fused-ring (bicyclic) bond motifs is 1. The average Bonchev–Trinajstić information content (AvgIpc) is 2.77. The van der Waals surface area contributed by atoms with Crippen LogP contribution in [0, 0.1) is 0 Å². The van der Waals surface area contributed by atoms with Crippen LogP contribution >= 0.6 is 0 Å². The minimum Gasteiger partial charge on any atom is -0.490 e. The molecular weight excluding hydrogens is 368 g/mol. The standard InChI is InChI=1S/C22H22N4O3/c1-2-14-29-17-7-5-6-16(15-17)21(28)25-10-12-26(13-11-25)22-23-19-9-4-3-8-18(19)20(27)24-22/h2-9,15H,1,10-14H2,(H,23,24,27). The van der Waals surface area contributed by atoms with E-state index < -0.39 is 0 Å². The molecule has 1 aromatic heterocycles. The molecule has 4 rings (SSSR count). The lowest BCUT2D eigenvalue weighted by Gasteiger charge is -2.35. The molecule has 0 radical (unpaired) electrons. The van der Waals surface area contributed by atoms with E-state index in [-0.39, 0.29) is 11.5 Å². The minimum absolute atomic E-state index is 0.0336. The molecule has 0 atom stereocenters. The highest BCUT2D eigenvalue weighted by molar-refractivity contribution is 5.94. The van der Waals surface area contributed by atoms with Gasteiger partial charge in [0, 0.05) is 31.7 Å². The zero-order valence-electron chi connectivity index (χ0n) is 16.0. The molecule has 1 aliphatic heterocycles. The summed E-state index contributed by atoms with van der Waals surface area (Å²) in [5, 5.41) is 0.573. The van der Waals surface area contributed by atoms with Gasteiger partial charge in [0.1, 0.15) is 12.4 Å². The molecule has 1 saturated heterocycles. The number of benzene rings is 2. The molecule has 148 valence electrons. The normalized spacial score (nSPS) is 14.1. The lowest BCUT2D eigenvalue weighted by molar-refractivity contribution is 0.0746. The number of ether oxygens (including phenoxy) is 1. The Labute approximate surface area is 168 Å². The Morgan fingerprint density at radius 1 is 1.14 bits per heavy atom. The lowest BCUT2D eigenvalue weighted by atomic mass is 10.1. The third-order valence-corrected chi connectivity index (χ3v) is 4.92. The molecule has 7 nitrogen and oxygen atoms in total. The van der Waals surface area contributed by atoms with Crippen molar-refractivity contribution in [3.05, 3.63) is 77.1 Å².